The van der Waals surface area contributed by atoms with Crippen LogP contribution >= 0.6 is 11.6 Å². The first-order valence-electron chi connectivity index (χ1n) is 9.61. The van der Waals surface area contributed by atoms with Gasteiger partial charge in [-0.05, 0) is 18.2 Å². The zero-order valence-electron chi connectivity index (χ0n) is 15.9. The highest BCUT2D eigenvalue weighted by Gasteiger charge is 2.25. The summed E-state index contributed by atoms with van der Waals surface area (Å²) in [6, 6.07) is 14.8. The number of para-hydroxylation sites is 2. The largest absolute Gasteiger partial charge is 0.335 e. The molecule has 7 nitrogen and oxygen atoms in total. The van der Waals surface area contributed by atoms with Crippen LogP contribution in [0.3, 0.4) is 0 Å². The Labute approximate surface area is 173 Å². The number of amides is 2. The van der Waals surface area contributed by atoms with Crippen LogP contribution in [0.4, 0.5) is 5.69 Å². The summed E-state index contributed by atoms with van der Waals surface area (Å²) in [7, 11) is 0. The maximum atomic E-state index is 12.8. The summed E-state index contributed by atoms with van der Waals surface area (Å²) in [4.78, 5) is 29.0. The van der Waals surface area contributed by atoms with Crippen molar-refractivity contribution in [2.75, 3.05) is 38.0 Å². The number of aromatic nitrogens is 2. The summed E-state index contributed by atoms with van der Waals surface area (Å²) in [6.45, 7) is 3.34. The molecule has 2 N–H and O–H groups in total. The SMILES string of the molecule is O=C(CCN1CCN(C(=O)c2n[nH]c3ccccc23)CC1)Nc1ccccc1Cl. The van der Waals surface area contributed by atoms with Crippen molar-refractivity contribution in [2.24, 2.45) is 0 Å². The molecule has 2 heterocycles. The number of carbonyl (C=O) groups is 2. The number of hydrogen-bond acceptors (Lipinski definition) is 4. The Balaban J connectivity index is 1.27. The molecule has 0 spiro atoms. The van der Waals surface area contributed by atoms with Crippen LogP contribution in [-0.2, 0) is 4.79 Å². The van der Waals surface area contributed by atoms with Gasteiger partial charge in [0.25, 0.3) is 5.91 Å². The minimum Gasteiger partial charge on any atom is -0.335 e. The van der Waals surface area contributed by atoms with Gasteiger partial charge in [0.05, 0.1) is 16.2 Å². The van der Waals surface area contributed by atoms with E-state index in [0.29, 0.717) is 42.5 Å². The van der Waals surface area contributed by atoms with E-state index in [4.69, 9.17) is 11.6 Å². The molecule has 0 atom stereocenters. The zero-order chi connectivity index (χ0) is 20.2. The van der Waals surface area contributed by atoms with Crippen LogP contribution in [0.15, 0.2) is 48.5 Å². The average molecular weight is 412 g/mol. The lowest BCUT2D eigenvalue weighted by atomic mass is 10.2. The summed E-state index contributed by atoms with van der Waals surface area (Å²) in [5, 5.41) is 11.3. The molecule has 0 saturated carbocycles. The number of benzene rings is 2. The fraction of sp³-hybridized carbons (Fsp3) is 0.286. The first-order chi connectivity index (χ1) is 14.1. The highest BCUT2D eigenvalue weighted by Crippen LogP contribution is 2.21. The normalized spacial score (nSPS) is 14.9. The molecule has 29 heavy (non-hydrogen) atoms. The van der Waals surface area contributed by atoms with Crippen molar-refractivity contribution in [1.82, 2.24) is 20.0 Å². The van der Waals surface area contributed by atoms with Gasteiger partial charge in [0, 0.05) is 44.5 Å². The van der Waals surface area contributed by atoms with E-state index in [1.807, 2.05) is 41.3 Å². The van der Waals surface area contributed by atoms with Crippen LogP contribution in [0.1, 0.15) is 16.9 Å². The van der Waals surface area contributed by atoms with E-state index in [9.17, 15) is 9.59 Å². The number of anilines is 1. The van der Waals surface area contributed by atoms with Gasteiger partial charge < -0.3 is 10.2 Å². The van der Waals surface area contributed by atoms with Gasteiger partial charge in [0.2, 0.25) is 5.91 Å². The number of hydrogen-bond donors (Lipinski definition) is 2. The number of nitrogens with one attached hydrogen (secondary N) is 2. The minimum absolute atomic E-state index is 0.0569. The summed E-state index contributed by atoms with van der Waals surface area (Å²) in [5.74, 6) is -0.127. The number of H-pyrrole nitrogens is 1. The van der Waals surface area contributed by atoms with E-state index in [1.54, 1.807) is 12.1 Å². The zero-order valence-corrected chi connectivity index (χ0v) is 16.7. The van der Waals surface area contributed by atoms with Crippen molar-refractivity contribution in [2.45, 2.75) is 6.42 Å². The van der Waals surface area contributed by atoms with Gasteiger partial charge in [0.1, 0.15) is 0 Å². The molecule has 0 unspecified atom stereocenters. The van der Waals surface area contributed by atoms with Gasteiger partial charge in [-0.2, -0.15) is 5.10 Å². The molecule has 1 fully saturated rings. The van der Waals surface area contributed by atoms with Crippen molar-refractivity contribution in [1.29, 1.82) is 0 Å². The molecule has 0 radical (unpaired) electrons. The third-order valence-electron chi connectivity index (χ3n) is 5.14. The molecule has 0 bridgehead atoms. The summed E-state index contributed by atoms with van der Waals surface area (Å²) >= 11 is 6.07. The summed E-state index contributed by atoms with van der Waals surface area (Å²) < 4.78 is 0. The molecule has 1 saturated heterocycles. The second kappa shape index (κ2) is 8.63. The number of piperazine rings is 1. The predicted molar refractivity (Wildman–Crippen MR) is 113 cm³/mol. The van der Waals surface area contributed by atoms with Gasteiger partial charge in [-0.15, -0.1) is 0 Å². The molecule has 2 aromatic carbocycles. The van der Waals surface area contributed by atoms with Crippen LogP contribution in [0.5, 0.6) is 0 Å². The molecular formula is C21H22ClN5O2. The molecule has 1 aromatic heterocycles. The topological polar surface area (TPSA) is 81.3 Å². The average Bonchev–Trinajstić information content (AvgIpc) is 3.18. The van der Waals surface area contributed by atoms with Crippen molar-refractivity contribution in [3.05, 3.63) is 59.2 Å². The second-order valence-electron chi connectivity index (χ2n) is 7.03. The van der Waals surface area contributed by atoms with E-state index in [1.165, 1.54) is 0 Å². The quantitative estimate of drug-likeness (QED) is 0.676. The van der Waals surface area contributed by atoms with Gasteiger partial charge in [0.15, 0.2) is 5.69 Å². The van der Waals surface area contributed by atoms with E-state index in [-0.39, 0.29) is 11.8 Å². The number of aromatic amines is 1. The smallest absolute Gasteiger partial charge is 0.275 e. The van der Waals surface area contributed by atoms with Crippen molar-refractivity contribution in [3.8, 4) is 0 Å². The maximum absolute atomic E-state index is 12.8. The lowest BCUT2D eigenvalue weighted by molar-refractivity contribution is -0.116. The molecule has 2 amide bonds. The second-order valence-corrected chi connectivity index (χ2v) is 7.44. The Morgan fingerprint density at radius 1 is 1.03 bits per heavy atom. The summed E-state index contributed by atoms with van der Waals surface area (Å²) in [5.41, 5.74) is 1.95. The third kappa shape index (κ3) is 4.41. The van der Waals surface area contributed by atoms with Crippen molar-refractivity contribution in [3.63, 3.8) is 0 Å². The van der Waals surface area contributed by atoms with E-state index < -0.39 is 0 Å². The molecule has 4 rings (SSSR count). The van der Waals surface area contributed by atoms with Crippen molar-refractivity contribution >= 4 is 40.0 Å². The Hall–Kier alpha value is -2.90. The van der Waals surface area contributed by atoms with E-state index in [0.717, 1.165) is 24.0 Å². The molecule has 8 heteroatoms. The number of halogens is 1. The molecule has 150 valence electrons. The van der Waals surface area contributed by atoms with Gasteiger partial charge in [-0.1, -0.05) is 41.9 Å². The Morgan fingerprint density at radius 3 is 2.55 bits per heavy atom. The first-order valence-corrected chi connectivity index (χ1v) is 9.99. The first kappa shape index (κ1) is 19.4. The fourth-order valence-corrected chi connectivity index (χ4v) is 3.67. The summed E-state index contributed by atoms with van der Waals surface area (Å²) in [6.07, 6.45) is 0.378. The minimum atomic E-state index is -0.0698. The Morgan fingerprint density at radius 2 is 1.76 bits per heavy atom. The third-order valence-corrected chi connectivity index (χ3v) is 5.47. The van der Waals surface area contributed by atoms with Crippen LogP contribution in [-0.4, -0.2) is 64.5 Å². The Kier molecular flexibility index (Phi) is 5.78. The number of carbonyl (C=O) groups excluding carboxylic acids is 2. The van der Waals surface area contributed by atoms with Gasteiger partial charge in [-0.3, -0.25) is 19.6 Å². The number of rotatable bonds is 5. The molecule has 0 aliphatic carbocycles. The van der Waals surface area contributed by atoms with Gasteiger partial charge in [-0.25, -0.2) is 0 Å². The monoisotopic (exact) mass is 411 g/mol. The van der Waals surface area contributed by atoms with E-state index in [2.05, 4.69) is 20.4 Å². The van der Waals surface area contributed by atoms with Gasteiger partial charge >= 0.3 is 0 Å². The standard InChI is InChI=1S/C21H22ClN5O2/c22-16-6-2-4-8-18(16)23-19(28)9-10-26-11-13-27(14-12-26)21(29)20-15-5-1-3-7-17(15)24-25-20/h1-8H,9-14H2,(H,23,28)(H,24,25). The highest BCUT2D eigenvalue weighted by molar-refractivity contribution is 6.33. The number of fused-ring (bicyclic) bond motifs is 1. The van der Waals surface area contributed by atoms with Crippen LogP contribution in [0, 0.1) is 0 Å². The van der Waals surface area contributed by atoms with E-state index >= 15 is 0 Å². The molecule has 3 aromatic rings. The van der Waals surface area contributed by atoms with Crippen LogP contribution in [0.25, 0.3) is 10.9 Å². The molecular weight excluding hydrogens is 390 g/mol. The fourth-order valence-electron chi connectivity index (χ4n) is 3.49. The van der Waals surface area contributed by atoms with Crippen LogP contribution in [0.2, 0.25) is 5.02 Å². The highest BCUT2D eigenvalue weighted by atomic mass is 35.5. The maximum Gasteiger partial charge on any atom is 0.275 e. The lowest BCUT2D eigenvalue weighted by Crippen LogP contribution is -2.49. The van der Waals surface area contributed by atoms with Crippen LogP contribution < -0.4 is 5.32 Å². The van der Waals surface area contributed by atoms with Crippen molar-refractivity contribution < 1.29 is 9.59 Å². The number of nitrogens with zero attached hydrogens (tertiary/aromatic N) is 3. The predicted octanol–water partition coefficient (Wildman–Crippen LogP) is 3.00. The Bertz CT molecular complexity index is 1030. The lowest BCUT2D eigenvalue weighted by Gasteiger charge is -2.34. The molecule has 1 aliphatic heterocycles. The molecule has 1 aliphatic rings.